The maximum absolute atomic E-state index is 12.2. The van der Waals surface area contributed by atoms with Crippen LogP contribution in [-0.4, -0.2) is 23.5 Å². The molecule has 2 heterocycles. The van der Waals surface area contributed by atoms with Gasteiger partial charge in [-0.2, -0.15) is 0 Å². The Bertz CT molecular complexity index is 575. The monoisotopic (exact) mass is 271 g/mol. The number of rotatable bonds is 3. The molecule has 1 amide bonds. The van der Waals surface area contributed by atoms with Crippen LogP contribution in [0.2, 0.25) is 0 Å². The fraction of sp³-hybridized carbons (Fsp3) is 0.333. The molecule has 0 saturated carbocycles. The van der Waals surface area contributed by atoms with E-state index in [1.165, 1.54) is 6.39 Å². The van der Waals surface area contributed by atoms with Crippen molar-refractivity contribution in [1.82, 2.24) is 10.3 Å². The number of nitrogens with zero attached hydrogens (tertiary/aromatic N) is 1. The van der Waals surface area contributed by atoms with Crippen LogP contribution in [0.4, 0.5) is 5.69 Å². The summed E-state index contributed by atoms with van der Waals surface area (Å²) >= 11 is 0. The molecule has 0 aliphatic carbocycles. The predicted molar refractivity (Wildman–Crippen MR) is 76.2 cm³/mol. The topological polar surface area (TPSA) is 67.2 Å². The van der Waals surface area contributed by atoms with Gasteiger partial charge in [-0.1, -0.05) is 18.6 Å². The fourth-order valence-electron chi connectivity index (χ4n) is 2.41. The van der Waals surface area contributed by atoms with Crippen molar-refractivity contribution < 1.29 is 9.21 Å². The molecule has 1 aromatic carbocycles. The van der Waals surface area contributed by atoms with Crippen LogP contribution < -0.4 is 10.6 Å². The Labute approximate surface area is 117 Å². The molecular formula is C15H17N3O2. The Hall–Kier alpha value is -2.14. The van der Waals surface area contributed by atoms with Crippen LogP contribution in [0.15, 0.2) is 41.3 Å². The standard InChI is InChI=1S/C15H17N3O2/c19-15(13-6-1-2-7-17-13)18-12-5-3-4-11(8-12)14-9-16-10-20-14/h3-5,8-10,13,17H,1-2,6-7H2,(H,18,19)/t13-/m0/s1. The van der Waals surface area contributed by atoms with Gasteiger partial charge in [0.2, 0.25) is 5.91 Å². The van der Waals surface area contributed by atoms with E-state index in [2.05, 4.69) is 15.6 Å². The normalized spacial score (nSPS) is 18.7. The summed E-state index contributed by atoms with van der Waals surface area (Å²) in [5, 5.41) is 6.19. The minimum Gasteiger partial charge on any atom is -0.444 e. The van der Waals surface area contributed by atoms with E-state index < -0.39 is 0 Å². The molecule has 2 N–H and O–H groups in total. The Balaban J connectivity index is 1.71. The number of oxazole rings is 1. The number of anilines is 1. The summed E-state index contributed by atoms with van der Waals surface area (Å²) in [7, 11) is 0. The lowest BCUT2D eigenvalue weighted by Gasteiger charge is -2.22. The molecule has 2 aromatic rings. The highest BCUT2D eigenvalue weighted by atomic mass is 16.3. The Morgan fingerprint density at radius 1 is 1.40 bits per heavy atom. The first-order valence-electron chi connectivity index (χ1n) is 6.86. The molecule has 0 bridgehead atoms. The van der Waals surface area contributed by atoms with Gasteiger partial charge >= 0.3 is 0 Å². The zero-order valence-corrected chi connectivity index (χ0v) is 11.1. The molecule has 0 radical (unpaired) electrons. The average Bonchev–Trinajstić information content (AvgIpc) is 3.03. The summed E-state index contributed by atoms with van der Waals surface area (Å²) in [5.74, 6) is 0.719. The highest BCUT2D eigenvalue weighted by Crippen LogP contribution is 2.22. The van der Waals surface area contributed by atoms with Gasteiger partial charge in [0.1, 0.15) is 0 Å². The summed E-state index contributed by atoms with van der Waals surface area (Å²) in [6, 6.07) is 7.50. The van der Waals surface area contributed by atoms with Gasteiger partial charge in [0, 0.05) is 11.3 Å². The first-order valence-corrected chi connectivity index (χ1v) is 6.86. The number of carbonyl (C=O) groups excluding carboxylic acids is 1. The molecule has 5 nitrogen and oxygen atoms in total. The molecule has 3 rings (SSSR count). The SMILES string of the molecule is O=C(Nc1cccc(-c2cnco2)c1)[C@@H]1CCCCN1. The van der Waals surface area contributed by atoms with Crippen LogP contribution in [0.5, 0.6) is 0 Å². The van der Waals surface area contributed by atoms with E-state index in [1.54, 1.807) is 6.20 Å². The Morgan fingerprint density at radius 3 is 3.10 bits per heavy atom. The summed E-state index contributed by atoms with van der Waals surface area (Å²) < 4.78 is 5.26. The highest BCUT2D eigenvalue weighted by molar-refractivity contribution is 5.95. The maximum Gasteiger partial charge on any atom is 0.241 e. The first-order chi connectivity index (χ1) is 9.83. The van der Waals surface area contributed by atoms with Crippen molar-refractivity contribution in [3.05, 3.63) is 36.9 Å². The van der Waals surface area contributed by atoms with E-state index in [9.17, 15) is 4.79 Å². The number of piperidine rings is 1. The summed E-state index contributed by atoms with van der Waals surface area (Å²) in [6.45, 7) is 0.913. The van der Waals surface area contributed by atoms with Gasteiger partial charge in [0.15, 0.2) is 12.2 Å². The molecule has 1 fully saturated rings. The van der Waals surface area contributed by atoms with Crippen LogP contribution in [0.1, 0.15) is 19.3 Å². The van der Waals surface area contributed by atoms with Gasteiger partial charge in [-0.15, -0.1) is 0 Å². The van der Waals surface area contributed by atoms with Crippen molar-refractivity contribution in [3.8, 4) is 11.3 Å². The second kappa shape index (κ2) is 5.88. The summed E-state index contributed by atoms with van der Waals surface area (Å²) in [6.07, 6.45) is 6.19. The number of hydrogen-bond donors (Lipinski definition) is 2. The first kappa shape index (κ1) is 12.9. The molecule has 5 heteroatoms. The maximum atomic E-state index is 12.2. The molecule has 0 spiro atoms. The van der Waals surface area contributed by atoms with E-state index in [0.29, 0.717) is 5.76 Å². The Kier molecular flexibility index (Phi) is 3.78. The van der Waals surface area contributed by atoms with Crippen molar-refractivity contribution in [1.29, 1.82) is 0 Å². The molecule has 1 aliphatic rings. The number of benzene rings is 1. The van der Waals surface area contributed by atoms with Crippen LogP contribution in [0, 0.1) is 0 Å². The van der Waals surface area contributed by atoms with E-state index in [1.807, 2.05) is 24.3 Å². The van der Waals surface area contributed by atoms with Gasteiger partial charge in [0.05, 0.1) is 12.2 Å². The minimum atomic E-state index is -0.0855. The molecule has 1 atom stereocenters. The second-order valence-electron chi connectivity index (χ2n) is 4.94. The Morgan fingerprint density at radius 2 is 2.35 bits per heavy atom. The number of aromatic nitrogens is 1. The minimum absolute atomic E-state index is 0.0272. The van der Waals surface area contributed by atoms with Gasteiger partial charge in [-0.3, -0.25) is 4.79 Å². The zero-order chi connectivity index (χ0) is 13.8. The largest absolute Gasteiger partial charge is 0.444 e. The van der Waals surface area contributed by atoms with Crippen molar-refractivity contribution in [2.45, 2.75) is 25.3 Å². The number of hydrogen-bond acceptors (Lipinski definition) is 4. The van der Waals surface area contributed by atoms with Crippen molar-refractivity contribution in [2.75, 3.05) is 11.9 Å². The van der Waals surface area contributed by atoms with E-state index >= 15 is 0 Å². The lowest BCUT2D eigenvalue weighted by atomic mass is 10.0. The number of nitrogens with one attached hydrogen (secondary N) is 2. The third-order valence-corrected chi connectivity index (χ3v) is 3.47. The molecule has 20 heavy (non-hydrogen) atoms. The van der Waals surface area contributed by atoms with Crippen molar-refractivity contribution in [3.63, 3.8) is 0 Å². The third-order valence-electron chi connectivity index (χ3n) is 3.47. The zero-order valence-electron chi connectivity index (χ0n) is 11.1. The molecular weight excluding hydrogens is 254 g/mol. The third kappa shape index (κ3) is 2.88. The van der Waals surface area contributed by atoms with E-state index in [-0.39, 0.29) is 11.9 Å². The van der Waals surface area contributed by atoms with Gasteiger partial charge < -0.3 is 15.1 Å². The molecule has 104 valence electrons. The summed E-state index contributed by atoms with van der Waals surface area (Å²) in [4.78, 5) is 16.1. The molecule has 1 aromatic heterocycles. The van der Waals surface area contributed by atoms with E-state index in [0.717, 1.165) is 37.1 Å². The van der Waals surface area contributed by atoms with Gasteiger partial charge in [-0.25, -0.2) is 4.98 Å². The van der Waals surface area contributed by atoms with E-state index in [4.69, 9.17) is 4.42 Å². The number of amides is 1. The smallest absolute Gasteiger partial charge is 0.241 e. The predicted octanol–water partition coefficient (Wildman–Crippen LogP) is 2.42. The molecule has 1 saturated heterocycles. The highest BCUT2D eigenvalue weighted by Gasteiger charge is 2.20. The lowest BCUT2D eigenvalue weighted by molar-refractivity contribution is -0.118. The average molecular weight is 271 g/mol. The van der Waals surface area contributed by atoms with Gasteiger partial charge in [0.25, 0.3) is 0 Å². The quantitative estimate of drug-likeness (QED) is 0.899. The number of carbonyl (C=O) groups is 1. The van der Waals surface area contributed by atoms with Crippen molar-refractivity contribution in [2.24, 2.45) is 0 Å². The van der Waals surface area contributed by atoms with Crippen LogP contribution in [0.3, 0.4) is 0 Å². The van der Waals surface area contributed by atoms with Crippen LogP contribution >= 0.6 is 0 Å². The van der Waals surface area contributed by atoms with Gasteiger partial charge in [-0.05, 0) is 31.5 Å². The van der Waals surface area contributed by atoms with Crippen molar-refractivity contribution >= 4 is 11.6 Å². The molecule has 1 aliphatic heterocycles. The van der Waals surface area contributed by atoms with Crippen LogP contribution in [0.25, 0.3) is 11.3 Å². The van der Waals surface area contributed by atoms with Crippen LogP contribution in [-0.2, 0) is 4.79 Å². The summed E-state index contributed by atoms with van der Waals surface area (Å²) in [5.41, 5.74) is 1.67. The molecule has 0 unspecified atom stereocenters. The lowest BCUT2D eigenvalue weighted by Crippen LogP contribution is -2.43. The second-order valence-corrected chi connectivity index (χ2v) is 4.94. The fourth-order valence-corrected chi connectivity index (χ4v) is 2.41.